The molecule has 0 amide bonds. The van der Waals surface area contributed by atoms with Gasteiger partial charge in [0.1, 0.15) is 0 Å². The van der Waals surface area contributed by atoms with Gasteiger partial charge in [-0.05, 0) is 50.6 Å². The summed E-state index contributed by atoms with van der Waals surface area (Å²) in [6, 6.07) is 0.686. The van der Waals surface area contributed by atoms with Gasteiger partial charge in [0.15, 0.2) is 0 Å². The molecule has 3 heteroatoms. The van der Waals surface area contributed by atoms with Crippen LogP contribution in [0.15, 0.2) is 0 Å². The van der Waals surface area contributed by atoms with Gasteiger partial charge in [-0.1, -0.05) is 40.0 Å². The zero-order chi connectivity index (χ0) is 15.5. The smallest absolute Gasteiger partial charge is 0.0558 e. The zero-order valence-electron chi connectivity index (χ0n) is 14.6. The molecule has 126 valence electrons. The maximum Gasteiger partial charge on any atom is 0.0558 e. The van der Waals surface area contributed by atoms with E-state index < -0.39 is 0 Å². The molecule has 0 heterocycles. The largest absolute Gasteiger partial charge is 0.395 e. The summed E-state index contributed by atoms with van der Waals surface area (Å²) >= 11 is 0. The van der Waals surface area contributed by atoms with E-state index in [2.05, 4.69) is 31.0 Å². The van der Waals surface area contributed by atoms with Crippen molar-refractivity contribution in [1.29, 1.82) is 0 Å². The van der Waals surface area contributed by atoms with Crippen LogP contribution < -0.4 is 5.32 Å². The lowest BCUT2D eigenvalue weighted by Crippen LogP contribution is -2.46. The van der Waals surface area contributed by atoms with Gasteiger partial charge in [0, 0.05) is 19.1 Å². The molecule has 2 N–H and O–H groups in total. The first-order valence-electron chi connectivity index (χ1n) is 9.31. The number of aliphatic hydroxyl groups is 1. The lowest BCUT2D eigenvalue weighted by atomic mass is 9.76. The molecule has 1 aliphatic rings. The van der Waals surface area contributed by atoms with Gasteiger partial charge in [-0.3, -0.25) is 0 Å². The molecule has 0 aliphatic heterocycles. The van der Waals surface area contributed by atoms with Gasteiger partial charge in [0.05, 0.1) is 6.61 Å². The van der Waals surface area contributed by atoms with E-state index in [0.29, 0.717) is 12.6 Å². The van der Waals surface area contributed by atoms with Crippen LogP contribution in [0.25, 0.3) is 0 Å². The standard InChI is InChI=1S/C18H38N2O/c1-4-7-11-20(12-13-21)15-17-14-16(8-5-2)9-10-18(17)19-6-3/h16-19,21H,4-15H2,1-3H3. The summed E-state index contributed by atoms with van der Waals surface area (Å²) < 4.78 is 0. The highest BCUT2D eigenvalue weighted by molar-refractivity contribution is 4.86. The Bertz CT molecular complexity index is 247. The lowest BCUT2D eigenvalue weighted by Gasteiger charge is -2.39. The summed E-state index contributed by atoms with van der Waals surface area (Å²) in [5.41, 5.74) is 0. The molecule has 0 spiro atoms. The van der Waals surface area contributed by atoms with Crippen LogP contribution in [0.1, 0.15) is 65.7 Å². The van der Waals surface area contributed by atoms with Crippen molar-refractivity contribution < 1.29 is 5.11 Å². The zero-order valence-corrected chi connectivity index (χ0v) is 14.6. The third-order valence-electron chi connectivity index (χ3n) is 4.99. The summed E-state index contributed by atoms with van der Waals surface area (Å²) in [7, 11) is 0. The van der Waals surface area contributed by atoms with Gasteiger partial charge >= 0.3 is 0 Å². The van der Waals surface area contributed by atoms with Crippen LogP contribution in [0.4, 0.5) is 0 Å². The molecule has 21 heavy (non-hydrogen) atoms. The molecule has 0 saturated heterocycles. The first kappa shape index (κ1) is 18.9. The predicted octanol–water partition coefficient (Wildman–Crippen LogP) is 3.28. The highest BCUT2D eigenvalue weighted by Crippen LogP contribution is 2.32. The Hall–Kier alpha value is -0.120. The monoisotopic (exact) mass is 298 g/mol. The molecular weight excluding hydrogens is 260 g/mol. The third-order valence-corrected chi connectivity index (χ3v) is 4.99. The first-order valence-corrected chi connectivity index (χ1v) is 9.31. The van der Waals surface area contributed by atoms with E-state index in [-0.39, 0.29) is 0 Å². The van der Waals surface area contributed by atoms with Gasteiger partial charge in [-0.15, -0.1) is 0 Å². The van der Waals surface area contributed by atoms with E-state index in [9.17, 15) is 5.11 Å². The Morgan fingerprint density at radius 1 is 1.10 bits per heavy atom. The van der Waals surface area contributed by atoms with Crippen LogP contribution in [-0.2, 0) is 0 Å². The minimum atomic E-state index is 0.292. The van der Waals surface area contributed by atoms with E-state index in [1.807, 2.05) is 0 Å². The minimum Gasteiger partial charge on any atom is -0.395 e. The molecule has 0 aromatic heterocycles. The number of nitrogens with one attached hydrogen (secondary N) is 1. The molecule has 3 unspecified atom stereocenters. The van der Waals surface area contributed by atoms with Crippen molar-refractivity contribution in [2.75, 3.05) is 32.8 Å². The molecule has 0 aromatic rings. The van der Waals surface area contributed by atoms with Gasteiger partial charge in [-0.25, -0.2) is 0 Å². The quantitative estimate of drug-likeness (QED) is 0.614. The fourth-order valence-corrected chi connectivity index (χ4v) is 3.91. The van der Waals surface area contributed by atoms with E-state index >= 15 is 0 Å². The SMILES string of the molecule is CCCCN(CCO)CC1CC(CCC)CCC1NCC. The lowest BCUT2D eigenvalue weighted by molar-refractivity contribution is 0.119. The number of unbranched alkanes of at least 4 members (excludes halogenated alkanes) is 1. The first-order chi connectivity index (χ1) is 10.2. The Balaban J connectivity index is 2.56. The van der Waals surface area contributed by atoms with Crippen molar-refractivity contribution in [3.8, 4) is 0 Å². The van der Waals surface area contributed by atoms with Crippen molar-refractivity contribution >= 4 is 0 Å². The molecule has 1 rings (SSSR count). The Morgan fingerprint density at radius 3 is 2.52 bits per heavy atom. The second-order valence-corrected chi connectivity index (χ2v) is 6.77. The normalized spacial score (nSPS) is 26.4. The van der Waals surface area contributed by atoms with Gasteiger partial charge in [0.25, 0.3) is 0 Å². The molecule has 1 aliphatic carbocycles. The third kappa shape index (κ3) is 7.12. The summed E-state index contributed by atoms with van der Waals surface area (Å²) in [5.74, 6) is 1.69. The van der Waals surface area contributed by atoms with E-state index in [1.165, 1.54) is 51.5 Å². The van der Waals surface area contributed by atoms with Crippen LogP contribution >= 0.6 is 0 Å². The van der Waals surface area contributed by atoms with E-state index in [0.717, 1.165) is 31.5 Å². The van der Waals surface area contributed by atoms with Gasteiger partial charge < -0.3 is 15.3 Å². The summed E-state index contributed by atoms with van der Waals surface area (Å²) in [5, 5.41) is 13.0. The van der Waals surface area contributed by atoms with Crippen LogP contribution in [0, 0.1) is 11.8 Å². The molecular formula is C18H38N2O. The molecule has 0 bridgehead atoms. The van der Waals surface area contributed by atoms with E-state index in [1.54, 1.807) is 0 Å². The average molecular weight is 299 g/mol. The summed E-state index contributed by atoms with van der Waals surface area (Å²) in [4.78, 5) is 2.49. The number of rotatable bonds is 11. The highest BCUT2D eigenvalue weighted by atomic mass is 16.3. The number of nitrogens with zero attached hydrogens (tertiary/aromatic N) is 1. The topological polar surface area (TPSA) is 35.5 Å². The number of hydrogen-bond acceptors (Lipinski definition) is 3. The Labute approximate surface area is 132 Å². The Kier molecular flexibility index (Phi) is 10.3. The molecule has 0 aromatic carbocycles. The fraction of sp³-hybridized carbons (Fsp3) is 1.00. The second-order valence-electron chi connectivity index (χ2n) is 6.77. The molecule has 1 fully saturated rings. The van der Waals surface area contributed by atoms with Gasteiger partial charge in [0.2, 0.25) is 0 Å². The highest BCUT2D eigenvalue weighted by Gasteiger charge is 2.30. The summed E-state index contributed by atoms with van der Waals surface area (Å²) in [6.45, 7) is 11.3. The molecule has 1 saturated carbocycles. The fourth-order valence-electron chi connectivity index (χ4n) is 3.91. The predicted molar refractivity (Wildman–Crippen MR) is 91.6 cm³/mol. The van der Waals surface area contributed by atoms with Crippen LogP contribution in [0.3, 0.4) is 0 Å². The van der Waals surface area contributed by atoms with Crippen molar-refractivity contribution in [3.63, 3.8) is 0 Å². The maximum absolute atomic E-state index is 9.31. The molecule has 3 atom stereocenters. The van der Waals surface area contributed by atoms with Crippen LogP contribution in [0.2, 0.25) is 0 Å². The van der Waals surface area contributed by atoms with Crippen LogP contribution in [-0.4, -0.2) is 48.8 Å². The minimum absolute atomic E-state index is 0.292. The van der Waals surface area contributed by atoms with E-state index in [4.69, 9.17) is 0 Å². The van der Waals surface area contributed by atoms with Crippen molar-refractivity contribution in [1.82, 2.24) is 10.2 Å². The van der Waals surface area contributed by atoms with Crippen molar-refractivity contribution in [3.05, 3.63) is 0 Å². The number of aliphatic hydroxyl groups excluding tert-OH is 1. The molecule has 0 radical (unpaired) electrons. The van der Waals surface area contributed by atoms with Crippen LogP contribution in [0.5, 0.6) is 0 Å². The molecule has 3 nitrogen and oxygen atoms in total. The maximum atomic E-state index is 9.31. The number of hydrogen-bond donors (Lipinski definition) is 2. The summed E-state index contributed by atoms with van der Waals surface area (Å²) in [6.07, 6.45) is 9.31. The van der Waals surface area contributed by atoms with Gasteiger partial charge in [-0.2, -0.15) is 0 Å². The van der Waals surface area contributed by atoms with Crippen molar-refractivity contribution in [2.45, 2.75) is 71.8 Å². The second kappa shape index (κ2) is 11.4. The van der Waals surface area contributed by atoms with Crippen molar-refractivity contribution in [2.24, 2.45) is 11.8 Å². The Morgan fingerprint density at radius 2 is 1.90 bits per heavy atom. The average Bonchev–Trinajstić information content (AvgIpc) is 2.48.